The van der Waals surface area contributed by atoms with Crippen molar-refractivity contribution in [2.75, 3.05) is 0 Å². The summed E-state index contributed by atoms with van der Waals surface area (Å²) < 4.78 is 7.70. The van der Waals surface area contributed by atoms with Crippen LogP contribution in [0.25, 0.3) is 10.9 Å². The average Bonchev–Trinajstić information content (AvgIpc) is 3.32. The molecule has 0 aliphatic heterocycles. The van der Waals surface area contributed by atoms with Crippen LogP contribution in [0.4, 0.5) is 0 Å². The van der Waals surface area contributed by atoms with Crippen molar-refractivity contribution in [2.24, 2.45) is 7.05 Å². The van der Waals surface area contributed by atoms with Crippen LogP contribution in [0.5, 0.6) is 11.5 Å². The summed E-state index contributed by atoms with van der Waals surface area (Å²) >= 11 is 12.9. The molecule has 1 unspecified atom stereocenters. The molecule has 0 aliphatic rings. The number of aryl methyl sites for hydroxylation is 1. The largest absolute Gasteiger partial charge is 0.453 e. The zero-order chi connectivity index (χ0) is 24.6. The number of imidazole rings is 1. The van der Waals surface area contributed by atoms with Crippen molar-refractivity contribution in [3.05, 3.63) is 118 Å². The molecule has 0 amide bonds. The van der Waals surface area contributed by atoms with Gasteiger partial charge in [-0.2, -0.15) is 5.26 Å². The SMILES string of the molecule is Cn1cncc1C(O)(c1ccc(Cl)cc1)c1ccc2nc(C#N)c(Oc3ccccc3)c(Cl)c2c1. The summed E-state index contributed by atoms with van der Waals surface area (Å²) in [6.07, 6.45) is 3.23. The first kappa shape index (κ1) is 22.9. The highest BCUT2D eigenvalue weighted by Gasteiger charge is 2.37. The van der Waals surface area contributed by atoms with Gasteiger partial charge in [0.1, 0.15) is 11.8 Å². The van der Waals surface area contributed by atoms with Gasteiger partial charge in [-0.15, -0.1) is 0 Å². The Balaban J connectivity index is 1.73. The molecule has 0 bridgehead atoms. The van der Waals surface area contributed by atoms with Gasteiger partial charge in [0.05, 0.1) is 28.8 Å². The highest BCUT2D eigenvalue weighted by Crippen LogP contribution is 2.42. The van der Waals surface area contributed by atoms with E-state index in [-0.39, 0.29) is 16.5 Å². The van der Waals surface area contributed by atoms with Crippen LogP contribution in [0.15, 0.2) is 85.3 Å². The maximum Gasteiger partial charge on any atom is 0.185 e. The Kier molecular flexibility index (Phi) is 5.91. The van der Waals surface area contributed by atoms with Gasteiger partial charge in [0, 0.05) is 17.5 Å². The summed E-state index contributed by atoms with van der Waals surface area (Å²) in [5, 5.41) is 23.2. The van der Waals surface area contributed by atoms with Crippen LogP contribution in [-0.2, 0) is 12.6 Å². The summed E-state index contributed by atoms with van der Waals surface area (Å²) in [6, 6.07) is 23.3. The van der Waals surface area contributed by atoms with Crippen LogP contribution < -0.4 is 4.74 Å². The van der Waals surface area contributed by atoms with Crippen LogP contribution in [0.2, 0.25) is 10.0 Å². The summed E-state index contributed by atoms with van der Waals surface area (Å²) in [4.78, 5) is 8.65. The highest BCUT2D eigenvalue weighted by molar-refractivity contribution is 6.37. The molecule has 8 heteroatoms. The van der Waals surface area contributed by atoms with Crippen molar-refractivity contribution in [1.29, 1.82) is 5.26 Å². The first-order valence-corrected chi connectivity index (χ1v) is 11.4. The number of nitrogens with zero attached hydrogens (tertiary/aromatic N) is 4. The summed E-state index contributed by atoms with van der Waals surface area (Å²) in [7, 11) is 1.81. The van der Waals surface area contributed by atoms with Gasteiger partial charge in [0.2, 0.25) is 0 Å². The molecule has 1 atom stereocenters. The predicted octanol–water partition coefficient (Wildman–Crippen LogP) is 6.22. The normalized spacial score (nSPS) is 12.8. The third kappa shape index (κ3) is 4.00. The van der Waals surface area contributed by atoms with Crippen LogP contribution in [-0.4, -0.2) is 19.6 Å². The van der Waals surface area contributed by atoms with E-state index in [1.54, 1.807) is 71.7 Å². The van der Waals surface area contributed by atoms with Crippen molar-refractivity contribution < 1.29 is 9.84 Å². The molecule has 2 heterocycles. The summed E-state index contributed by atoms with van der Waals surface area (Å²) in [5.41, 5.74) is 0.690. The van der Waals surface area contributed by atoms with Crippen LogP contribution in [0.3, 0.4) is 0 Å². The molecule has 2 aromatic heterocycles. The maximum absolute atomic E-state index is 12.2. The summed E-state index contributed by atoms with van der Waals surface area (Å²) in [6.45, 7) is 0. The molecule has 172 valence electrons. The minimum Gasteiger partial charge on any atom is -0.453 e. The van der Waals surface area contributed by atoms with E-state index < -0.39 is 5.60 Å². The molecule has 6 nitrogen and oxygen atoms in total. The zero-order valence-electron chi connectivity index (χ0n) is 18.5. The molecule has 35 heavy (non-hydrogen) atoms. The fourth-order valence-electron chi connectivity index (χ4n) is 4.07. The molecular formula is C27H18Cl2N4O2. The molecule has 5 aromatic rings. The number of aliphatic hydroxyl groups is 1. The lowest BCUT2D eigenvalue weighted by Crippen LogP contribution is -2.31. The molecule has 0 saturated carbocycles. The Labute approximate surface area is 211 Å². The van der Waals surface area contributed by atoms with E-state index in [0.717, 1.165) is 0 Å². The standard InChI is InChI=1S/C27H18Cl2N4O2/c1-33-16-31-15-24(33)27(34,17-7-10-19(28)11-8-17)18-9-12-22-21(13-18)25(29)26(23(14-30)32-22)35-20-5-3-2-4-6-20/h2-13,15-16,34H,1H3. The van der Waals surface area contributed by atoms with E-state index in [9.17, 15) is 10.4 Å². The number of benzene rings is 3. The molecule has 0 radical (unpaired) electrons. The number of rotatable bonds is 5. The number of nitriles is 1. The number of ether oxygens (including phenoxy) is 1. The Hall–Kier alpha value is -3.89. The fraction of sp³-hybridized carbons (Fsp3) is 0.0741. The number of para-hydroxylation sites is 1. The molecule has 1 N–H and O–H groups in total. The molecule has 0 fully saturated rings. The van der Waals surface area contributed by atoms with Gasteiger partial charge in [0.15, 0.2) is 17.0 Å². The van der Waals surface area contributed by atoms with Crippen molar-refractivity contribution in [3.63, 3.8) is 0 Å². The van der Waals surface area contributed by atoms with Crippen molar-refractivity contribution in [2.45, 2.75) is 5.60 Å². The van der Waals surface area contributed by atoms with Gasteiger partial charge in [0.25, 0.3) is 0 Å². The van der Waals surface area contributed by atoms with E-state index in [4.69, 9.17) is 27.9 Å². The highest BCUT2D eigenvalue weighted by atomic mass is 35.5. The zero-order valence-corrected chi connectivity index (χ0v) is 20.0. The van der Waals surface area contributed by atoms with Crippen molar-refractivity contribution in [3.8, 4) is 17.6 Å². The second-order valence-electron chi connectivity index (χ2n) is 7.97. The number of hydrogen-bond donors (Lipinski definition) is 1. The van der Waals surface area contributed by atoms with E-state index in [1.165, 1.54) is 0 Å². The lowest BCUT2D eigenvalue weighted by Gasteiger charge is -2.30. The second-order valence-corrected chi connectivity index (χ2v) is 8.78. The topological polar surface area (TPSA) is 84.0 Å². The van der Waals surface area contributed by atoms with Gasteiger partial charge in [-0.3, -0.25) is 0 Å². The molecule has 3 aromatic carbocycles. The van der Waals surface area contributed by atoms with E-state index in [2.05, 4.69) is 16.0 Å². The lowest BCUT2D eigenvalue weighted by atomic mass is 9.83. The van der Waals surface area contributed by atoms with E-state index in [0.29, 0.717) is 38.5 Å². The van der Waals surface area contributed by atoms with Crippen molar-refractivity contribution in [1.82, 2.24) is 14.5 Å². The van der Waals surface area contributed by atoms with Crippen LogP contribution in [0.1, 0.15) is 22.5 Å². The number of pyridine rings is 1. The Bertz CT molecular complexity index is 1580. The molecule has 0 aliphatic carbocycles. The monoisotopic (exact) mass is 500 g/mol. The van der Waals surface area contributed by atoms with Crippen molar-refractivity contribution >= 4 is 34.1 Å². The van der Waals surface area contributed by atoms with Gasteiger partial charge in [-0.1, -0.05) is 59.6 Å². The Morgan fingerprint density at radius 3 is 2.37 bits per heavy atom. The molecular weight excluding hydrogens is 483 g/mol. The van der Waals surface area contributed by atoms with Gasteiger partial charge < -0.3 is 14.4 Å². The maximum atomic E-state index is 12.2. The minimum absolute atomic E-state index is 0.0682. The number of fused-ring (bicyclic) bond motifs is 1. The average molecular weight is 501 g/mol. The number of halogens is 2. The lowest BCUT2D eigenvalue weighted by molar-refractivity contribution is 0.117. The predicted molar refractivity (Wildman–Crippen MR) is 135 cm³/mol. The number of aromatic nitrogens is 3. The Morgan fingerprint density at radius 1 is 1.00 bits per heavy atom. The summed E-state index contributed by atoms with van der Waals surface area (Å²) in [5.74, 6) is 0.677. The van der Waals surface area contributed by atoms with Crippen LogP contribution >= 0.6 is 23.2 Å². The first-order valence-electron chi connectivity index (χ1n) is 10.6. The smallest absolute Gasteiger partial charge is 0.185 e. The van der Waals surface area contributed by atoms with E-state index >= 15 is 0 Å². The minimum atomic E-state index is -1.57. The third-order valence-electron chi connectivity index (χ3n) is 5.82. The quantitative estimate of drug-likeness (QED) is 0.309. The molecule has 0 spiro atoms. The Morgan fingerprint density at radius 2 is 1.71 bits per heavy atom. The fourth-order valence-corrected chi connectivity index (χ4v) is 4.47. The van der Waals surface area contributed by atoms with E-state index in [1.807, 2.05) is 25.2 Å². The van der Waals surface area contributed by atoms with Gasteiger partial charge in [-0.05, 0) is 47.5 Å². The molecule has 0 saturated heterocycles. The third-order valence-corrected chi connectivity index (χ3v) is 6.44. The van der Waals surface area contributed by atoms with Crippen LogP contribution in [0, 0.1) is 11.3 Å². The second kappa shape index (κ2) is 9.05. The first-order chi connectivity index (χ1) is 16.9. The van der Waals surface area contributed by atoms with Gasteiger partial charge in [-0.25, -0.2) is 9.97 Å². The number of hydrogen-bond acceptors (Lipinski definition) is 5. The molecule has 5 rings (SSSR count). The van der Waals surface area contributed by atoms with Gasteiger partial charge >= 0.3 is 0 Å².